The van der Waals surface area contributed by atoms with Crippen LogP contribution in [0.3, 0.4) is 0 Å². The summed E-state index contributed by atoms with van der Waals surface area (Å²) in [5.74, 6) is -0.200. The maximum atomic E-state index is 13.9. The Bertz CT molecular complexity index is 505. The smallest absolute Gasteiger partial charge is 0.185 e. The van der Waals surface area contributed by atoms with Crippen molar-refractivity contribution in [2.45, 2.75) is 25.7 Å². The lowest BCUT2D eigenvalue weighted by Crippen LogP contribution is -2.28. The van der Waals surface area contributed by atoms with Gasteiger partial charge in [0.2, 0.25) is 0 Å². The Morgan fingerprint density at radius 1 is 1.11 bits per heavy atom. The lowest BCUT2D eigenvalue weighted by atomic mass is 10.1. The van der Waals surface area contributed by atoms with E-state index >= 15 is 0 Å². The van der Waals surface area contributed by atoms with E-state index in [1.165, 1.54) is 6.07 Å². The number of hydrogen-bond acceptors (Lipinski definition) is 2. The van der Waals surface area contributed by atoms with Crippen LogP contribution in [0.1, 0.15) is 16.5 Å². The third-order valence-corrected chi connectivity index (χ3v) is 4.32. The number of rotatable bonds is 4. The molecule has 96 valence electrons. The molecule has 1 atom stereocenters. The van der Waals surface area contributed by atoms with E-state index in [0.717, 1.165) is 4.88 Å². The fourth-order valence-electron chi connectivity index (χ4n) is 1.76. The average Bonchev–Trinajstić information content (AvgIpc) is 2.79. The van der Waals surface area contributed by atoms with Gasteiger partial charge in [-0.2, -0.15) is 0 Å². The maximum Gasteiger partial charge on any atom is 0.185 e. The molecule has 0 saturated carbocycles. The Labute approximate surface area is 112 Å². The minimum Gasteiger partial charge on any atom is -0.406 e. The van der Waals surface area contributed by atoms with Crippen molar-refractivity contribution in [2.24, 2.45) is 0 Å². The zero-order valence-electron chi connectivity index (χ0n) is 10.8. The second-order valence-electron chi connectivity index (χ2n) is 5.15. The molecule has 0 bridgehead atoms. The third kappa shape index (κ3) is 3.28. The molecule has 0 aliphatic heterocycles. The second-order valence-corrected chi connectivity index (χ2v) is 10.6. The zero-order chi connectivity index (χ0) is 13.2. The second kappa shape index (κ2) is 5.34. The van der Waals surface area contributed by atoms with Gasteiger partial charge in [0.25, 0.3) is 0 Å². The average molecular weight is 280 g/mol. The highest BCUT2D eigenvalue weighted by molar-refractivity contribution is 7.10. The molecule has 0 spiro atoms. The monoisotopic (exact) mass is 280 g/mol. The largest absolute Gasteiger partial charge is 0.406 e. The van der Waals surface area contributed by atoms with Crippen LogP contribution >= 0.6 is 11.3 Å². The standard InChI is InChI=1S/C14H17FOSSi/c1-18(2,3)16-14(13-9-6-10-17-13)11-7-4-5-8-12(11)15/h4-10,14H,1-3H3. The molecule has 4 heteroatoms. The number of hydrogen-bond donors (Lipinski definition) is 0. The fraction of sp³-hybridized carbons (Fsp3) is 0.286. The molecule has 0 N–H and O–H groups in total. The summed E-state index contributed by atoms with van der Waals surface area (Å²) in [4.78, 5) is 1.06. The highest BCUT2D eigenvalue weighted by atomic mass is 32.1. The Hall–Kier alpha value is -0.973. The molecule has 0 fully saturated rings. The van der Waals surface area contributed by atoms with Crippen LogP contribution in [-0.4, -0.2) is 8.32 Å². The van der Waals surface area contributed by atoms with Crippen molar-refractivity contribution in [1.29, 1.82) is 0 Å². The van der Waals surface area contributed by atoms with Crippen LogP contribution in [0.5, 0.6) is 0 Å². The summed E-state index contributed by atoms with van der Waals surface area (Å²) in [6, 6.07) is 10.8. The molecule has 1 aromatic carbocycles. The first-order valence-electron chi connectivity index (χ1n) is 5.93. The van der Waals surface area contributed by atoms with Crippen LogP contribution in [-0.2, 0) is 4.43 Å². The molecular formula is C14H17FOSSi. The van der Waals surface area contributed by atoms with Gasteiger partial charge in [-0.1, -0.05) is 24.3 Å². The predicted molar refractivity (Wildman–Crippen MR) is 77.0 cm³/mol. The third-order valence-electron chi connectivity index (χ3n) is 2.46. The first-order valence-corrected chi connectivity index (χ1v) is 10.2. The van der Waals surface area contributed by atoms with E-state index in [4.69, 9.17) is 4.43 Å². The molecule has 1 unspecified atom stereocenters. The normalized spacial score (nSPS) is 13.6. The van der Waals surface area contributed by atoms with Gasteiger partial charge in [0.1, 0.15) is 11.9 Å². The van der Waals surface area contributed by atoms with E-state index in [1.807, 2.05) is 23.6 Å². The van der Waals surface area contributed by atoms with Crippen LogP contribution in [0.15, 0.2) is 41.8 Å². The predicted octanol–water partition coefficient (Wildman–Crippen LogP) is 4.83. The van der Waals surface area contributed by atoms with Gasteiger partial charge in [-0.15, -0.1) is 11.3 Å². The van der Waals surface area contributed by atoms with Crippen molar-refractivity contribution in [2.75, 3.05) is 0 Å². The molecule has 1 aromatic heterocycles. The van der Waals surface area contributed by atoms with Crippen molar-refractivity contribution in [3.05, 3.63) is 58.0 Å². The lowest BCUT2D eigenvalue weighted by Gasteiger charge is -2.26. The van der Waals surface area contributed by atoms with Gasteiger partial charge in [-0.3, -0.25) is 0 Å². The van der Waals surface area contributed by atoms with Gasteiger partial charge in [0, 0.05) is 10.4 Å². The van der Waals surface area contributed by atoms with Crippen LogP contribution in [0.2, 0.25) is 19.6 Å². The topological polar surface area (TPSA) is 9.23 Å². The van der Waals surface area contributed by atoms with Gasteiger partial charge >= 0.3 is 0 Å². The Morgan fingerprint density at radius 2 is 1.83 bits per heavy atom. The molecule has 2 rings (SSSR count). The van der Waals surface area contributed by atoms with E-state index in [1.54, 1.807) is 23.5 Å². The number of benzene rings is 1. The molecule has 1 nitrogen and oxygen atoms in total. The van der Waals surface area contributed by atoms with Crippen molar-refractivity contribution < 1.29 is 8.82 Å². The van der Waals surface area contributed by atoms with Crippen molar-refractivity contribution >= 4 is 19.7 Å². The molecule has 0 aliphatic carbocycles. The minimum atomic E-state index is -1.74. The van der Waals surface area contributed by atoms with Gasteiger partial charge in [-0.25, -0.2) is 4.39 Å². The number of halogens is 1. The molecule has 18 heavy (non-hydrogen) atoms. The molecule has 0 radical (unpaired) electrons. The first kappa shape index (κ1) is 13.5. The summed E-state index contributed by atoms with van der Waals surface area (Å²) >= 11 is 1.61. The molecular weight excluding hydrogens is 263 g/mol. The minimum absolute atomic E-state index is 0.200. The molecule has 0 amide bonds. The lowest BCUT2D eigenvalue weighted by molar-refractivity contribution is 0.238. The summed E-state index contributed by atoms with van der Waals surface area (Å²) in [5.41, 5.74) is 0.627. The van der Waals surface area contributed by atoms with Crippen LogP contribution in [0.4, 0.5) is 4.39 Å². The molecule has 1 heterocycles. The van der Waals surface area contributed by atoms with Crippen molar-refractivity contribution in [1.82, 2.24) is 0 Å². The molecule has 0 saturated heterocycles. The van der Waals surface area contributed by atoms with Crippen LogP contribution in [0, 0.1) is 5.82 Å². The van der Waals surface area contributed by atoms with Crippen LogP contribution in [0.25, 0.3) is 0 Å². The highest BCUT2D eigenvalue weighted by Crippen LogP contribution is 2.33. The van der Waals surface area contributed by atoms with E-state index in [0.29, 0.717) is 5.56 Å². The Kier molecular flexibility index (Phi) is 3.99. The maximum absolute atomic E-state index is 13.9. The zero-order valence-corrected chi connectivity index (χ0v) is 12.6. The Balaban J connectivity index is 2.40. The molecule has 0 aliphatic rings. The Morgan fingerprint density at radius 3 is 2.39 bits per heavy atom. The van der Waals surface area contributed by atoms with E-state index in [-0.39, 0.29) is 11.9 Å². The highest BCUT2D eigenvalue weighted by Gasteiger charge is 2.26. The SMILES string of the molecule is C[Si](C)(C)OC(c1cccs1)c1ccccc1F. The van der Waals surface area contributed by atoms with Gasteiger partial charge in [0.15, 0.2) is 8.32 Å². The van der Waals surface area contributed by atoms with Crippen LogP contribution < -0.4 is 0 Å². The quantitative estimate of drug-likeness (QED) is 0.729. The summed E-state index contributed by atoms with van der Waals surface area (Å²) < 4.78 is 20.1. The summed E-state index contributed by atoms with van der Waals surface area (Å²) in [6.07, 6.45) is -0.280. The number of thiophene rings is 1. The summed E-state index contributed by atoms with van der Waals surface area (Å²) in [5, 5.41) is 2.00. The first-order chi connectivity index (χ1) is 8.47. The van der Waals surface area contributed by atoms with E-state index in [2.05, 4.69) is 19.6 Å². The van der Waals surface area contributed by atoms with E-state index in [9.17, 15) is 4.39 Å². The van der Waals surface area contributed by atoms with Gasteiger partial charge in [-0.05, 0) is 37.2 Å². The fourth-order valence-corrected chi connectivity index (χ4v) is 3.57. The van der Waals surface area contributed by atoms with Gasteiger partial charge < -0.3 is 4.43 Å². The van der Waals surface area contributed by atoms with Crippen molar-refractivity contribution in [3.8, 4) is 0 Å². The summed E-state index contributed by atoms with van der Waals surface area (Å²) in [7, 11) is -1.74. The molecule has 2 aromatic rings. The van der Waals surface area contributed by atoms with Crippen molar-refractivity contribution in [3.63, 3.8) is 0 Å². The van der Waals surface area contributed by atoms with E-state index < -0.39 is 8.32 Å². The van der Waals surface area contributed by atoms with Gasteiger partial charge in [0.05, 0.1) is 0 Å². The summed E-state index contributed by atoms with van der Waals surface area (Å²) in [6.45, 7) is 6.36.